The SMILES string of the molecule is CC(C)NC(=O)C(C)NCC(C)N1CCCCC1. The number of hydrogen-bond acceptors (Lipinski definition) is 3. The third kappa shape index (κ3) is 5.36. The van der Waals surface area contributed by atoms with Crippen molar-refractivity contribution in [2.24, 2.45) is 0 Å². The summed E-state index contributed by atoms with van der Waals surface area (Å²) in [5.41, 5.74) is 0. The fourth-order valence-corrected chi connectivity index (χ4v) is 2.34. The lowest BCUT2D eigenvalue weighted by Gasteiger charge is -2.33. The predicted octanol–water partition coefficient (Wildman–Crippen LogP) is 1.36. The summed E-state index contributed by atoms with van der Waals surface area (Å²) in [5.74, 6) is 0.0934. The average Bonchev–Trinajstić information content (AvgIpc) is 2.35. The Balaban J connectivity index is 2.24. The Hall–Kier alpha value is -0.610. The molecule has 1 rings (SSSR count). The molecular weight excluding hydrogens is 226 g/mol. The summed E-state index contributed by atoms with van der Waals surface area (Å²) in [5, 5.41) is 6.26. The molecule has 0 spiro atoms. The largest absolute Gasteiger partial charge is 0.353 e. The minimum Gasteiger partial charge on any atom is -0.353 e. The van der Waals surface area contributed by atoms with Crippen LogP contribution >= 0.6 is 0 Å². The van der Waals surface area contributed by atoms with Gasteiger partial charge in [0.15, 0.2) is 0 Å². The number of amides is 1. The van der Waals surface area contributed by atoms with Crippen molar-refractivity contribution in [1.29, 1.82) is 0 Å². The standard InChI is InChI=1S/C14H29N3O/c1-11(2)16-14(18)13(4)15-10-12(3)17-8-6-5-7-9-17/h11-13,15H,5-10H2,1-4H3,(H,16,18). The number of carbonyl (C=O) groups is 1. The maximum Gasteiger partial charge on any atom is 0.237 e. The molecule has 0 aromatic rings. The summed E-state index contributed by atoms with van der Waals surface area (Å²) in [6.45, 7) is 11.4. The number of carbonyl (C=O) groups excluding carboxylic acids is 1. The summed E-state index contributed by atoms with van der Waals surface area (Å²) in [4.78, 5) is 14.3. The first kappa shape index (κ1) is 15.4. The normalized spacial score (nSPS) is 20.7. The van der Waals surface area contributed by atoms with Gasteiger partial charge in [-0.15, -0.1) is 0 Å². The maximum absolute atomic E-state index is 11.8. The molecule has 1 aliphatic rings. The zero-order chi connectivity index (χ0) is 13.5. The van der Waals surface area contributed by atoms with Gasteiger partial charge < -0.3 is 10.6 Å². The van der Waals surface area contributed by atoms with Crippen LogP contribution in [0, 0.1) is 0 Å². The predicted molar refractivity (Wildman–Crippen MR) is 75.6 cm³/mol. The van der Waals surface area contributed by atoms with Crippen LogP contribution in [0.15, 0.2) is 0 Å². The highest BCUT2D eigenvalue weighted by Gasteiger charge is 2.19. The van der Waals surface area contributed by atoms with Gasteiger partial charge in [0.1, 0.15) is 0 Å². The van der Waals surface area contributed by atoms with E-state index in [2.05, 4.69) is 22.5 Å². The quantitative estimate of drug-likeness (QED) is 0.753. The molecule has 1 fully saturated rings. The molecule has 0 radical (unpaired) electrons. The average molecular weight is 255 g/mol. The van der Waals surface area contributed by atoms with E-state index < -0.39 is 0 Å². The summed E-state index contributed by atoms with van der Waals surface area (Å²) in [6.07, 6.45) is 3.99. The minimum atomic E-state index is -0.111. The van der Waals surface area contributed by atoms with Crippen LogP contribution in [0.4, 0.5) is 0 Å². The Labute approximate surface area is 111 Å². The van der Waals surface area contributed by atoms with E-state index in [1.165, 1.54) is 32.4 Å². The molecule has 18 heavy (non-hydrogen) atoms. The molecule has 2 unspecified atom stereocenters. The Morgan fingerprint density at radius 1 is 1.11 bits per heavy atom. The Morgan fingerprint density at radius 2 is 1.72 bits per heavy atom. The van der Waals surface area contributed by atoms with Crippen molar-refractivity contribution in [1.82, 2.24) is 15.5 Å². The number of nitrogens with zero attached hydrogens (tertiary/aromatic N) is 1. The fourth-order valence-electron chi connectivity index (χ4n) is 2.34. The molecule has 0 saturated carbocycles. The summed E-state index contributed by atoms with van der Waals surface area (Å²) in [7, 11) is 0. The smallest absolute Gasteiger partial charge is 0.237 e. The second kappa shape index (κ2) is 7.74. The molecule has 0 bridgehead atoms. The van der Waals surface area contributed by atoms with Crippen LogP contribution in [-0.2, 0) is 4.79 Å². The third-order valence-corrected chi connectivity index (χ3v) is 3.56. The Bertz CT molecular complexity index is 249. The van der Waals surface area contributed by atoms with Crippen molar-refractivity contribution < 1.29 is 4.79 Å². The molecule has 1 heterocycles. The van der Waals surface area contributed by atoms with Gasteiger partial charge in [0.25, 0.3) is 0 Å². The van der Waals surface area contributed by atoms with E-state index >= 15 is 0 Å². The molecule has 1 amide bonds. The Kier molecular flexibility index (Phi) is 6.65. The van der Waals surface area contributed by atoms with Gasteiger partial charge in [0, 0.05) is 18.6 Å². The number of nitrogens with one attached hydrogen (secondary N) is 2. The van der Waals surface area contributed by atoms with Crippen LogP contribution in [-0.4, -0.2) is 48.6 Å². The van der Waals surface area contributed by atoms with E-state index in [1.54, 1.807) is 0 Å². The van der Waals surface area contributed by atoms with E-state index in [-0.39, 0.29) is 18.0 Å². The maximum atomic E-state index is 11.8. The van der Waals surface area contributed by atoms with E-state index in [0.717, 1.165) is 6.54 Å². The van der Waals surface area contributed by atoms with E-state index in [9.17, 15) is 4.79 Å². The van der Waals surface area contributed by atoms with Crippen molar-refractivity contribution in [2.45, 2.75) is 65.1 Å². The minimum absolute atomic E-state index is 0.0934. The van der Waals surface area contributed by atoms with Crippen LogP contribution in [0.5, 0.6) is 0 Å². The van der Waals surface area contributed by atoms with Gasteiger partial charge in [-0.25, -0.2) is 0 Å². The lowest BCUT2D eigenvalue weighted by molar-refractivity contribution is -0.123. The first-order valence-electron chi connectivity index (χ1n) is 7.28. The Morgan fingerprint density at radius 3 is 2.28 bits per heavy atom. The van der Waals surface area contributed by atoms with Gasteiger partial charge in [-0.1, -0.05) is 6.42 Å². The van der Waals surface area contributed by atoms with Crippen molar-refractivity contribution >= 4 is 5.91 Å². The molecule has 1 saturated heterocycles. The summed E-state index contributed by atoms with van der Waals surface area (Å²) >= 11 is 0. The molecule has 2 N–H and O–H groups in total. The van der Waals surface area contributed by atoms with Crippen molar-refractivity contribution in [3.63, 3.8) is 0 Å². The molecule has 4 heteroatoms. The van der Waals surface area contributed by atoms with Crippen LogP contribution in [0.25, 0.3) is 0 Å². The third-order valence-electron chi connectivity index (χ3n) is 3.56. The first-order valence-corrected chi connectivity index (χ1v) is 7.28. The van der Waals surface area contributed by atoms with Gasteiger partial charge in [-0.3, -0.25) is 9.69 Å². The van der Waals surface area contributed by atoms with Gasteiger partial charge >= 0.3 is 0 Å². The number of likely N-dealkylation sites (tertiary alicyclic amines) is 1. The number of rotatable bonds is 6. The highest BCUT2D eigenvalue weighted by atomic mass is 16.2. The van der Waals surface area contributed by atoms with Crippen molar-refractivity contribution in [3.05, 3.63) is 0 Å². The van der Waals surface area contributed by atoms with Gasteiger partial charge in [-0.05, 0) is 53.6 Å². The van der Waals surface area contributed by atoms with E-state index in [4.69, 9.17) is 0 Å². The molecule has 106 valence electrons. The second-order valence-electron chi connectivity index (χ2n) is 5.74. The first-order chi connectivity index (χ1) is 8.50. The fraction of sp³-hybridized carbons (Fsp3) is 0.929. The molecule has 0 aliphatic carbocycles. The van der Waals surface area contributed by atoms with Crippen LogP contribution in [0.2, 0.25) is 0 Å². The van der Waals surface area contributed by atoms with Gasteiger partial charge in [0.05, 0.1) is 6.04 Å². The highest BCUT2D eigenvalue weighted by Crippen LogP contribution is 2.11. The number of hydrogen-bond donors (Lipinski definition) is 2. The molecular formula is C14H29N3O. The van der Waals surface area contributed by atoms with E-state index in [0.29, 0.717) is 6.04 Å². The van der Waals surface area contributed by atoms with Gasteiger partial charge in [0.2, 0.25) is 5.91 Å². The molecule has 1 aliphatic heterocycles. The lowest BCUT2D eigenvalue weighted by Crippen LogP contribution is -2.49. The number of piperidine rings is 1. The molecule has 4 nitrogen and oxygen atoms in total. The molecule has 0 aromatic heterocycles. The monoisotopic (exact) mass is 255 g/mol. The lowest BCUT2D eigenvalue weighted by atomic mass is 10.1. The summed E-state index contributed by atoms with van der Waals surface area (Å²) < 4.78 is 0. The highest BCUT2D eigenvalue weighted by molar-refractivity contribution is 5.81. The molecule has 0 aromatic carbocycles. The van der Waals surface area contributed by atoms with Crippen LogP contribution in [0.1, 0.15) is 47.0 Å². The van der Waals surface area contributed by atoms with Crippen LogP contribution < -0.4 is 10.6 Å². The topological polar surface area (TPSA) is 44.4 Å². The van der Waals surface area contributed by atoms with Crippen molar-refractivity contribution in [3.8, 4) is 0 Å². The zero-order valence-corrected chi connectivity index (χ0v) is 12.3. The van der Waals surface area contributed by atoms with Crippen molar-refractivity contribution in [2.75, 3.05) is 19.6 Å². The summed E-state index contributed by atoms with van der Waals surface area (Å²) in [6, 6.07) is 0.612. The van der Waals surface area contributed by atoms with Crippen LogP contribution in [0.3, 0.4) is 0 Å². The van der Waals surface area contributed by atoms with E-state index in [1.807, 2.05) is 20.8 Å². The molecule has 2 atom stereocenters. The van der Waals surface area contributed by atoms with Gasteiger partial charge in [-0.2, -0.15) is 0 Å². The second-order valence-corrected chi connectivity index (χ2v) is 5.74. The zero-order valence-electron chi connectivity index (χ0n) is 12.3.